The summed E-state index contributed by atoms with van der Waals surface area (Å²) in [6, 6.07) is 9.61. The Hall–Kier alpha value is -3.06. The van der Waals surface area contributed by atoms with Crippen LogP contribution in [0.25, 0.3) is 5.32 Å². The number of hydrogen-bond acceptors (Lipinski definition) is 3. The van der Waals surface area contributed by atoms with Crippen molar-refractivity contribution in [2.45, 2.75) is 32.7 Å². The number of nitrogens with zero attached hydrogens (tertiary/aromatic N) is 4. The van der Waals surface area contributed by atoms with Crippen LogP contribution in [0.5, 0.6) is 0 Å². The molecule has 2 heterocycles. The quantitative estimate of drug-likeness (QED) is 0.642. The lowest BCUT2D eigenvalue weighted by atomic mass is 10.1. The Kier molecular flexibility index (Phi) is 6.31. The molecule has 2 N–H and O–H groups in total. The molecule has 1 aromatic carbocycles. The van der Waals surface area contributed by atoms with Gasteiger partial charge in [-0.15, -0.1) is 0 Å². The first-order chi connectivity index (χ1) is 14.1. The largest absolute Gasteiger partial charge is 0.683 e. The molecule has 0 fully saturated rings. The highest BCUT2D eigenvalue weighted by atomic mass is 16.2. The number of rotatable bonds is 8. The second-order valence-corrected chi connectivity index (χ2v) is 8.69. The molecule has 1 aromatic heterocycles. The van der Waals surface area contributed by atoms with E-state index in [0.717, 1.165) is 28.0 Å². The number of nitrogens with one attached hydrogen (secondary N) is 2. The summed E-state index contributed by atoms with van der Waals surface area (Å²) in [4.78, 5) is 12.7. The second-order valence-electron chi connectivity index (χ2n) is 8.69. The van der Waals surface area contributed by atoms with Crippen LogP contribution >= 0.6 is 0 Å². The van der Waals surface area contributed by atoms with Crippen molar-refractivity contribution >= 4 is 11.6 Å². The molecule has 2 aromatic rings. The van der Waals surface area contributed by atoms with Crippen molar-refractivity contribution in [1.29, 1.82) is 0 Å². The number of carbonyl (C=O) groups is 1. The summed E-state index contributed by atoms with van der Waals surface area (Å²) >= 11 is 0. The van der Waals surface area contributed by atoms with Crippen LogP contribution in [0.15, 0.2) is 54.6 Å². The van der Waals surface area contributed by atoms with Gasteiger partial charge in [-0.2, -0.15) is 11.3 Å². The van der Waals surface area contributed by atoms with Gasteiger partial charge in [0.2, 0.25) is 0 Å². The van der Waals surface area contributed by atoms with E-state index in [-0.39, 0.29) is 17.9 Å². The number of likely N-dealkylation sites (N-methyl/N-ethyl adjacent to an activating group) is 1. The Morgan fingerprint density at radius 1 is 1.27 bits per heavy atom. The van der Waals surface area contributed by atoms with Crippen LogP contribution in [0.1, 0.15) is 54.5 Å². The molecule has 1 atom stereocenters. The van der Waals surface area contributed by atoms with Crippen LogP contribution in [0.4, 0.5) is 5.69 Å². The standard InChI is InChI=1S/C23H32N6O/c1-16(2)21-13-22(28(4)27-21)23(30)26-19-9-7-8-18(12-19)17(3)24-10-11-25-20-14-29(5,6)15-20/h7-14,16-17H,15H2,1-6H3,(H2-,24,25,26,27,30). The molecule has 0 spiro atoms. The Bertz CT molecular complexity index is 970. The van der Waals surface area contributed by atoms with Gasteiger partial charge in [-0.25, -0.2) is 0 Å². The first kappa shape index (κ1) is 21.6. The van der Waals surface area contributed by atoms with Gasteiger partial charge in [-0.1, -0.05) is 44.5 Å². The Morgan fingerprint density at radius 2 is 2.00 bits per heavy atom. The first-order valence-electron chi connectivity index (χ1n) is 10.3. The normalized spacial score (nSPS) is 16.2. The highest BCUT2D eigenvalue weighted by molar-refractivity contribution is 6.03. The monoisotopic (exact) mass is 408 g/mol. The zero-order valence-corrected chi connectivity index (χ0v) is 18.7. The lowest BCUT2D eigenvalue weighted by Crippen LogP contribution is -2.46. The van der Waals surface area contributed by atoms with Crippen molar-refractivity contribution in [2.24, 2.45) is 7.05 Å². The fourth-order valence-electron chi connectivity index (χ4n) is 3.38. The Labute approximate surface area is 179 Å². The third-order valence-corrected chi connectivity index (χ3v) is 5.09. The van der Waals surface area contributed by atoms with Crippen LogP contribution in [0.2, 0.25) is 0 Å². The van der Waals surface area contributed by atoms with E-state index in [4.69, 9.17) is 0 Å². The van der Waals surface area contributed by atoms with Crippen molar-refractivity contribution in [3.63, 3.8) is 0 Å². The van der Waals surface area contributed by atoms with Gasteiger partial charge in [0.15, 0.2) is 0 Å². The molecule has 0 aliphatic carbocycles. The van der Waals surface area contributed by atoms with Crippen molar-refractivity contribution in [3.8, 4) is 0 Å². The van der Waals surface area contributed by atoms with Crippen LogP contribution in [0, 0.1) is 0 Å². The topological polar surface area (TPSA) is 73.1 Å². The maximum atomic E-state index is 12.7. The van der Waals surface area contributed by atoms with E-state index in [2.05, 4.69) is 55.2 Å². The SMILES string of the molecule is CC(C)c1cc(C(=O)Nc2cccc(C(C)[N-]C=CNC3=C[N+](C)(C)C3)c2)n(C)n1. The highest BCUT2D eigenvalue weighted by Crippen LogP contribution is 2.25. The van der Waals surface area contributed by atoms with E-state index >= 15 is 0 Å². The van der Waals surface area contributed by atoms with Crippen LogP contribution in [-0.4, -0.2) is 40.8 Å². The number of quaternary nitrogens is 1. The predicted octanol–water partition coefficient (Wildman–Crippen LogP) is 4.22. The van der Waals surface area contributed by atoms with Gasteiger partial charge in [0.1, 0.15) is 24.1 Å². The molecule has 1 unspecified atom stereocenters. The van der Waals surface area contributed by atoms with Gasteiger partial charge in [-0.05, 0) is 30.3 Å². The van der Waals surface area contributed by atoms with E-state index in [0.29, 0.717) is 5.69 Å². The summed E-state index contributed by atoms with van der Waals surface area (Å²) in [6.07, 6.45) is 5.83. The van der Waals surface area contributed by atoms with E-state index < -0.39 is 0 Å². The van der Waals surface area contributed by atoms with Crippen molar-refractivity contribution < 1.29 is 9.28 Å². The summed E-state index contributed by atoms with van der Waals surface area (Å²) in [5.74, 6) is 0.107. The van der Waals surface area contributed by atoms with E-state index in [1.54, 1.807) is 17.9 Å². The molecule has 0 radical (unpaired) electrons. The minimum Gasteiger partial charge on any atom is -0.683 e. The lowest BCUT2D eigenvalue weighted by Gasteiger charge is -2.34. The Balaban J connectivity index is 1.58. The van der Waals surface area contributed by atoms with E-state index in [1.165, 1.54) is 5.70 Å². The van der Waals surface area contributed by atoms with E-state index in [1.807, 2.05) is 43.5 Å². The van der Waals surface area contributed by atoms with Crippen LogP contribution < -0.4 is 10.6 Å². The average molecular weight is 409 g/mol. The number of anilines is 1. The molecule has 160 valence electrons. The Morgan fingerprint density at radius 3 is 2.63 bits per heavy atom. The van der Waals surface area contributed by atoms with Gasteiger partial charge >= 0.3 is 0 Å². The fraction of sp³-hybridized carbons (Fsp3) is 0.391. The summed E-state index contributed by atoms with van der Waals surface area (Å²) in [5.41, 5.74) is 4.44. The summed E-state index contributed by atoms with van der Waals surface area (Å²) in [6.45, 7) is 7.15. The smallest absolute Gasteiger partial charge is 0.273 e. The molecule has 0 saturated carbocycles. The minimum absolute atomic E-state index is 0.0215. The van der Waals surface area contributed by atoms with Crippen molar-refractivity contribution in [3.05, 3.63) is 76.9 Å². The van der Waals surface area contributed by atoms with Gasteiger partial charge in [0, 0.05) is 12.7 Å². The fourth-order valence-corrected chi connectivity index (χ4v) is 3.38. The maximum Gasteiger partial charge on any atom is 0.273 e. The van der Waals surface area contributed by atoms with Crippen molar-refractivity contribution in [2.75, 3.05) is 26.0 Å². The number of amides is 1. The molecule has 30 heavy (non-hydrogen) atoms. The van der Waals surface area contributed by atoms with Gasteiger partial charge in [0.25, 0.3) is 5.91 Å². The first-order valence-corrected chi connectivity index (χ1v) is 10.3. The molecule has 1 amide bonds. The van der Waals surface area contributed by atoms with Crippen LogP contribution in [0.3, 0.4) is 0 Å². The number of aryl methyl sites for hydroxylation is 1. The molecular weight excluding hydrogens is 376 g/mol. The van der Waals surface area contributed by atoms with Crippen LogP contribution in [-0.2, 0) is 7.05 Å². The summed E-state index contributed by atoms with van der Waals surface area (Å²) in [7, 11) is 6.10. The number of aromatic nitrogens is 2. The van der Waals surface area contributed by atoms with Crippen molar-refractivity contribution in [1.82, 2.24) is 15.1 Å². The van der Waals surface area contributed by atoms with Gasteiger partial charge < -0.3 is 16.0 Å². The molecule has 7 heteroatoms. The zero-order chi connectivity index (χ0) is 21.9. The third-order valence-electron chi connectivity index (χ3n) is 5.09. The number of benzene rings is 1. The number of hydrogen-bond donors (Lipinski definition) is 2. The number of carbonyl (C=O) groups excluding carboxylic acids is 1. The molecule has 7 nitrogen and oxygen atoms in total. The molecule has 3 rings (SSSR count). The molecule has 0 bridgehead atoms. The maximum absolute atomic E-state index is 12.7. The lowest BCUT2D eigenvalue weighted by molar-refractivity contribution is -0.853. The molecular formula is C23H32N6O. The minimum atomic E-state index is -0.169. The molecule has 1 aliphatic rings. The second kappa shape index (κ2) is 8.75. The third kappa shape index (κ3) is 5.30. The zero-order valence-electron chi connectivity index (χ0n) is 18.7. The predicted molar refractivity (Wildman–Crippen MR) is 121 cm³/mol. The molecule has 0 saturated heterocycles. The highest BCUT2D eigenvalue weighted by Gasteiger charge is 2.25. The van der Waals surface area contributed by atoms with Gasteiger partial charge in [0.05, 0.1) is 19.8 Å². The van der Waals surface area contributed by atoms with Gasteiger partial charge in [-0.3, -0.25) is 14.0 Å². The molecule has 1 aliphatic heterocycles. The van der Waals surface area contributed by atoms with E-state index in [9.17, 15) is 4.79 Å². The average Bonchev–Trinajstić information content (AvgIpc) is 3.06. The summed E-state index contributed by atoms with van der Waals surface area (Å²) < 4.78 is 2.53. The summed E-state index contributed by atoms with van der Waals surface area (Å²) in [5, 5.41) is 15.2.